The second kappa shape index (κ2) is 9.58. The Morgan fingerprint density at radius 3 is 2.12 bits per heavy atom. The fourth-order valence-electron chi connectivity index (χ4n) is 3.60. The molecule has 3 aromatic rings. The molecule has 162 valence electrons. The van der Waals surface area contributed by atoms with Crippen molar-refractivity contribution in [3.63, 3.8) is 0 Å². The molecule has 1 N–H and O–H groups in total. The number of benzene rings is 3. The van der Waals surface area contributed by atoms with E-state index in [-0.39, 0.29) is 35.9 Å². The summed E-state index contributed by atoms with van der Waals surface area (Å²) in [6.45, 7) is 0.641. The maximum Gasteiger partial charge on any atom is 0.338 e. The van der Waals surface area contributed by atoms with E-state index in [2.05, 4.69) is 0 Å². The smallest absolute Gasteiger partial charge is 0.338 e. The van der Waals surface area contributed by atoms with E-state index in [0.717, 1.165) is 5.56 Å². The van der Waals surface area contributed by atoms with Crippen molar-refractivity contribution >= 4 is 17.5 Å². The number of carbonyl (C=O) groups is 3. The van der Waals surface area contributed by atoms with Crippen LogP contribution in [-0.2, 0) is 11.2 Å². The van der Waals surface area contributed by atoms with Crippen LogP contribution in [0, 0.1) is 0 Å². The van der Waals surface area contributed by atoms with Crippen LogP contribution < -0.4 is 4.74 Å². The molecule has 0 spiro atoms. The van der Waals surface area contributed by atoms with Gasteiger partial charge in [0.15, 0.2) is 11.6 Å². The second-order valence-electron chi connectivity index (χ2n) is 7.42. The van der Waals surface area contributed by atoms with Crippen molar-refractivity contribution in [1.29, 1.82) is 0 Å². The third-order valence-electron chi connectivity index (χ3n) is 5.28. The lowest BCUT2D eigenvalue weighted by Crippen LogP contribution is -2.21. The molecule has 0 saturated carbocycles. The van der Waals surface area contributed by atoms with Gasteiger partial charge in [0.05, 0.1) is 18.8 Å². The highest BCUT2D eigenvalue weighted by atomic mass is 16.5. The Bertz CT molecular complexity index is 1160. The van der Waals surface area contributed by atoms with E-state index in [1.807, 2.05) is 24.3 Å². The van der Waals surface area contributed by atoms with E-state index in [4.69, 9.17) is 14.6 Å². The van der Waals surface area contributed by atoms with Crippen molar-refractivity contribution in [2.45, 2.75) is 12.8 Å². The van der Waals surface area contributed by atoms with Crippen LogP contribution in [0.2, 0.25) is 0 Å². The highest BCUT2D eigenvalue weighted by molar-refractivity contribution is 6.28. The van der Waals surface area contributed by atoms with Crippen molar-refractivity contribution in [2.75, 3.05) is 19.8 Å². The zero-order valence-corrected chi connectivity index (χ0v) is 17.4. The second-order valence-corrected chi connectivity index (χ2v) is 7.42. The molecule has 1 aliphatic rings. The number of hydrogen-bond acceptors (Lipinski definition) is 6. The quantitative estimate of drug-likeness (QED) is 0.339. The molecule has 0 atom stereocenters. The van der Waals surface area contributed by atoms with E-state index >= 15 is 0 Å². The molecule has 3 aromatic carbocycles. The molecule has 0 heterocycles. The first kappa shape index (κ1) is 21.5. The minimum Gasteiger partial charge on any atom is -0.493 e. The summed E-state index contributed by atoms with van der Waals surface area (Å²) in [5.41, 5.74) is 2.49. The first-order valence-electron chi connectivity index (χ1n) is 10.4. The maximum atomic E-state index is 12.8. The number of rotatable bonds is 8. The third kappa shape index (κ3) is 4.45. The van der Waals surface area contributed by atoms with Gasteiger partial charge >= 0.3 is 5.97 Å². The van der Waals surface area contributed by atoms with Crippen molar-refractivity contribution < 1.29 is 29.0 Å². The molecule has 6 heteroatoms. The van der Waals surface area contributed by atoms with Crippen molar-refractivity contribution in [2.24, 2.45) is 0 Å². The number of carbonyl (C=O) groups excluding carboxylic acids is 3. The number of fused-ring (bicyclic) bond motifs is 2. The van der Waals surface area contributed by atoms with E-state index in [9.17, 15) is 14.4 Å². The van der Waals surface area contributed by atoms with Gasteiger partial charge in [-0.2, -0.15) is 0 Å². The van der Waals surface area contributed by atoms with Crippen LogP contribution in [0.3, 0.4) is 0 Å². The Morgan fingerprint density at radius 1 is 0.781 bits per heavy atom. The zero-order valence-electron chi connectivity index (χ0n) is 17.4. The van der Waals surface area contributed by atoms with Crippen LogP contribution in [0.4, 0.5) is 0 Å². The van der Waals surface area contributed by atoms with Gasteiger partial charge in [-0.3, -0.25) is 9.59 Å². The van der Waals surface area contributed by atoms with Gasteiger partial charge in [-0.1, -0.05) is 36.4 Å². The summed E-state index contributed by atoms with van der Waals surface area (Å²) in [4.78, 5) is 37.9. The monoisotopic (exact) mass is 430 g/mol. The van der Waals surface area contributed by atoms with Crippen molar-refractivity contribution in [1.82, 2.24) is 0 Å². The average Bonchev–Trinajstić information content (AvgIpc) is 2.83. The highest BCUT2D eigenvalue weighted by Crippen LogP contribution is 2.28. The summed E-state index contributed by atoms with van der Waals surface area (Å²) in [6.07, 6.45) is 1.10. The topological polar surface area (TPSA) is 89.9 Å². The minimum absolute atomic E-state index is 0.105. The lowest BCUT2D eigenvalue weighted by Gasteiger charge is -2.17. The average molecular weight is 430 g/mol. The van der Waals surface area contributed by atoms with Crippen molar-refractivity contribution in [3.05, 3.63) is 100 Å². The summed E-state index contributed by atoms with van der Waals surface area (Å²) in [5, 5.41) is 8.93. The molecule has 0 bridgehead atoms. The number of esters is 1. The Morgan fingerprint density at radius 2 is 1.44 bits per heavy atom. The largest absolute Gasteiger partial charge is 0.493 e. The molecule has 6 nitrogen and oxygen atoms in total. The lowest BCUT2D eigenvalue weighted by molar-refractivity contribution is 0.0485. The van der Waals surface area contributed by atoms with Crippen molar-refractivity contribution in [3.8, 4) is 5.75 Å². The molecule has 0 saturated heterocycles. The summed E-state index contributed by atoms with van der Waals surface area (Å²) in [7, 11) is 0. The number of aliphatic hydroxyl groups excluding tert-OH is 1. The number of ketones is 2. The van der Waals surface area contributed by atoms with Gasteiger partial charge in [-0.05, 0) is 42.3 Å². The molecule has 0 radical (unpaired) electrons. The zero-order chi connectivity index (χ0) is 22.5. The molecule has 0 amide bonds. The molecule has 32 heavy (non-hydrogen) atoms. The Labute approximate surface area is 185 Å². The number of aliphatic hydroxyl groups is 1. The summed E-state index contributed by atoms with van der Waals surface area (Å²) in [6, 6.07) is 18.6. The Balaban J connectivity index is 1.32. The highest BCUT2D eigenvalue weighted by Gasteiger charge is 2.30. The molecule has 4 rings (SSSR count). The van der Waals surface area contributed by atoms with Crippen LogP contribution in [-0.4, -0.2) is 42.5 Å². The molecule has 1 aliphatic carbocycles. The predicted octanol–water partition coefficient (Wildman–Crippen LogP) is 3.62. The van der Waals surface area contributed by atoms with E-state index < -0.39 is 5.97 Å². The van der Waals surface area contributed by atoms with Crippen LogP contribution in [0.15, 0.2) is 66.7 Å². The molecule has 0 aromatic heterocycles. The normalized spacial score (nSPS) is 12.2. The molecular formula is C26H22O6. The summed E-state index contributed by atoms with van der Waals surface area (Å²) >= 11 is 0. The van der Waals surface area contributed by atoms with Gasteiger partial charge in [0.1, 0.15) is 5.75 Å². The van der Waals surface area contributed by atoms with E-state index in [1.165, 1.54) is 18.2 Å². The van der Waals surface area contributed by atoms with Gasteiger partial charge in [-0.25, -0.2) is 4.79 Å². The number of hydrogen-bond donors (Lipinski definition) is 1. The molecule has 0 unspecified atom stereocenters. The third-order valence-corrected chi connectivity index (χ3v) is 5.28. The fraction of sp³-hybridized carbons (Fsp3) is 0.192. The van der Waals surface area contributed by atoms with Crippen LogP contribution >= 0.6 is 0 Å². The van der Waals surface area contributed by atoms with Gasteiger partial charge in [0.25, 0.3) is 0 Å². The van der Waals surface area contributed by atoms with Crippen LogP contribution in [0.1, 0.15) is 54.2 Å². The fourth-order valence-corrected chi connectivity index (χ4v) is 3.60. The summed E-state index contributed by atoms with van der Waals surface area (Å²) in [5.74, 6) is -0.351. The predicted molar refractivity (Wildman–Crippen MR) is 117 cm³/mol. The Kier molecular flexibility index (Phi) is 6.42. The van der Waals surface area contributed by atoms with E-state index in [1.54, 1.807) is 24.3 Å². The van der Waals surface area contributed by atoms with Gasteiger partial charge in [0.2, 0.25) is 0 Å². The SMILES string of the molecule is O=C(OCCCOc1ccc(CCO)cc1)c1ccc2c(c1)C(=O)c1ccccc1C2=O. The molecular weight excluding hydrogens is 408 g/mol. The lowest BCUT2D eigenvalue weighted by atomic mass is 9.83. The first-order valence-corrected chi connectivity index (χ1v) is 10.4. The van der Waals surface area contributed by atoms with Crippen LogP contribution in [0.25, 0.3) is 0 Å². The molecule has 0 fully saturated rings. The van der Waals surface area contributed by atoms with Gasteiger partial charge < -0.3 is 14.6 Å². The standard InChI is InChI=1S/C26H22O6/c27-13-12-17-6-9-19(10-7-17)31-14-3-15-32-26(30)18-8-11-22-23(16-18)25(29)21-5-2-1-4-20(21)24(22)28/h1-2,4-11,16,27H,3,12-15H2. The van der Waals surface area contributed by atoms with Gasteiger partial charge in [0, 0.05) is 35.3 Å². The first-order chi connectivity index (χ1) is 15.6. The van der Waals surface area contributed by atoms with Gasteiger partial charge in [-0.15, -0.1) is 0 Å². The minimum atomic E-state index is -0.555. The van der Waals surface area contributed by atoms with E-state index in [0.29, 0.717) is 41.9 Å². The summed E-state index contributed by atoms with van der Waals surface area (Å²) < 4.78 is 10.9. The number of ether oxygens (including phenoxy) is 2. The van der Waals surface area contributed by atoms with Crippen LogP contribution in [0.5, 0.6) is 5.75 Å². The molecule has 0 aliphatic heterocycles. The Hall–Kier alpha value is -3.77. The maximum absolute atomic E-state index is 12.8.